The summed E-state index contributed by atoms with van der Waals surface area (Å²) in [5, 5.41) is 0. The van der Waals surface area contributed by atoms with Crippen LogP contribution in [0.3, 0.4) is 0 Å². The van der Waals surface area contributed by atoms with Gasteiger partial charge in [0.2, 0.25) is 0 Å². The molecule has 2 saturated heterocycles. The second kappa shape index (κ2) is 6.05. The molecule has 2 aliphatic heterocycles. The molecular weight excluding hydrogens is 264 g/mol. The first-order valence-electron chi connectivity index (χ1n) is 7.14. The van der Waals surface area contributed by atoms with Crippen LogP contribution in [-0.4, -0.2) is 73.8 Å². The van der Waals surface area contributed by atoms with Crippen molar-refractivity contribution in [3.63, 3.8) is 0 Å². The molecule has 0 saturated carbocycles. The fourth-order valence-electron chi connectivity index (χ4n) is 2.89. The lowest BCUT2D eigenvalue weighted by Crippen LogP contribution is -2.58. The molecule has 0 amide bonds. The summed E-state index contributed by atoms with van der Waals surface area (Å²) in [5.41, 5.74) is 5.74. The Labute approximate surface area is 116 Å². The molecule has 0 spiro atoms. The van der Waals surface area contributed by atoms with E-state index in [4.69, 9.17) is 5.73 Å². The SMILES string of the molecule is CC1CN(S(=O)(=O)N2CCCCC2CN)CCN1C. The molecule has 2 rings (SSSR count). The van der Waals surface area contributed by atoms with Crippen molar-refractivity contribution in [1.82, 2.24) is 13.5 Å². The van der Waals surface area contributed by atoms with Crippen molar-refractivity contribution in [3.8, 4) is 0 Å². The van der Waals surface area contributed by atoms with Gasteiger partial charge in [0.25, 0.3) is 10.2 Å². The first kappa shape index (κ1) is 15.2. The Kier molecular flexibility index (Phi) is 4.84. The monoisotopic (exact) mass is 290 g/mol. The maximum absolute atomic E-state index is 12.7. The number of piperazine rings is 1. The Bertz CT molecular complexity index is 401. The van der Waals surface area contributed by atoms with E-state index in [0.29, 0.717) is 26.2 Å². The summed E-state index contributed by atoms with van der Waals surface area (Å²) in [6.07, 6.45) is 2.91. The highest BCUT2D eigenvalue weighted by Crippen LogP contribution is 2.23. The Morgan fingerprint density at radius 1 is 1.21 bits per heavy atom. The molecule has 2 fully saturated rings. The molecule has 0 radical (unpaired) electrons. The number of rotatable bonds is 3. The highest BCUT2D eigenvalue weighted by Gasteiger charge is 2.38. The van der Waals surface area contributed by atoms with E-state index in [-0.39, 0.29) is 12.1 Å². The van der Waals surface area contributed by atoms with Crippen molar-refractivity contribution in [3.05, 3.63) is 0 Å². The summed E-state index contributed by atoms with van der Waals surface area (Å²) in [6, 6.07) is 0.248. The van der Waals surface area contributed by atoms with Crippen LogP contribution in [0.5, 0.6) is 0 Å². The number of piperidine rings is 1. The minimum atomic E-state index is -3.34. The minimum absolute atomic E-state index is 0.0197. The second-order valence-corrected chi connectivity index (χ2v) is 7.57. The maximum atomic E-state index is 12.7. The van der Waals surface area contributed by atoms with Crippen molar-refractivity contribution in [1.29, 1.82) is 0 Å². The van der Waals surface area contributed by atoms with Crippen LogP contribution in [0.25, 0.3) is 0 Å². The minimum Gasteiger partial charge on any atom is -0.329 e. The largest absolute Gasteiger partial charge is 0.329 e. The van der Waals surface area contributed by atoms with E-state index in [2.05, 4.69) is 11.8 Å². The molecule has 0 bridgehead atoms. The number of likely N-dealkylation sites (N-methyl/N-ethyl adjacent to an activating group) is 1. The van der Waals surface area contributed by atoms with Crippen LogP contribution >= 0.6 is 0 Å². The van der Waals surface area contributed by atoms with E-state index in [1.807, 2.05) is 7.05 Å². The number of nitrogens with two attached hydrogens (primary N) is 1. The molecule has 0 aromatic heterocycles. The normalized spacial score (nSPS) is 32.6. The van der Waals surface area contributed by atoms with Crippen LogP contribution in [0.15, 0.2) is 0 Å². The van der Waals surface area contributed by atoms with Crippen LogP contribution in [0.1, 0.15) is 26.2 Å². The van der Waals surface area contributed by atoms with Gasteiger partial charge in [-0.15, -0.1) is 0 Å². The number of nitrogens with zero attached hydrogens (tertiary/aromatic N) is 3. The van der Waals surface area contributed by atoms with Gasteiger partial charge in [-0.3, -0.25) is 0 Å². The van der Waals surface area contributed by atoms with Crippen LogP contribution in [0, 0.1) is 0 Å². The van der Waals surface area contributed by atoms with E-state index in [1.54, 1.807) is 8.61 Å². The summed E-state index contributed by atoms with van der Waals surface area (Å²) >= 11 is 0. The van der Waals surface area contributed by atoms with Gasteiger partial charge in [-0.2, -0.15) is 17.0 Å². The molecule has 2 aliphatic rings. The van der Waals surface area contributed by atoms with E-state index < -0.39 is 10.2 Å². The van der Waals surface area contributed by atoms with Gasteiger partial charge in [-0.25, -0.2) is 0 Å². The smallest absolute Gasteiger partial charge is 0.282 e. The average molecular weight is 290 g/mol. The van der Waals surface area contributed by atoms with Crippen molar-refractivity contribution in [2.75, 3.05) is 39.8 Å². The van der Waals surface area contributed by atoms with Crippen molar-refractivity contribution in [2.45, 2.75) is 38.3 Å². The number of hydrogen-bond acceptors (Lipinski definition) is 4. The zero-order valence-electron chi connectivity index (χ0n) is 12.0. The summed E-state index contributed by atoms with van der Waals surface area (Å²) in [5.74, 6) is 0. The molecule has 112 valence electrons. The van der Waals surface area contributed by atoms with Gasteiger partial charge >= 0.3 is 0 Å². The van der Waals surface area contributed by atoms with Gasteiger partial charge in [0, 0.05) is 44.8 Å². The van der Waals surface area contributed by atoms with Crippen LogP contribution in [-0.2, 0) is 10.2 Å². The summed E-state index contributed by atoms with van der Waals surface area (Å²) < 4.78 is 28.7. The Morgan fingerprint density at radius 2 is 1.95 bits per heavy atom. The van der Waals surface area contributed by atoms with Gasteiger partial charge in [-0.1, -0.05) is 6.42 Å². The first-order chi connectivity index (χ1) is 8.96. The molecule has 2 heterocycles. The van der Waals surface area contributed by atoms with E-state index >= 15 is 0 Å². The zero-order chi connectivity index (χ0) is 14.0. The summed E-state index contributed by atoms with van der Waals surface area (Å²) in [7, 11) is -1.30. The zero-order valence-corrected chi connectivity index (χ0v) is 12.8. The van der Waals surface area contributed by atoms with E-state index in [0.717, 1.165) is 25.8 Å². The van der Waals surface area contributed by atoms with Gasteiger partial charge in [0.1, 0.15) is 0 Å². The lowest BCUT2D eigenvalue weighted by molar-refractivity contribution is 0.146. The Morgan fingerprint density at radius 3 is 2.58 bits per heavy atom. The highest BCUT2D eigenvalue weighted by molar-refractivity contribution is 7.86. The third kappa shape index (κ3) is 3.11. The molecule has 0 aromatic rings. The average Bonchev–Trinajstić information content (AvgIpc) is 2.41. The maximum Gasteiger partial charge on any atom is 0.282 e. The third-order valence-electron chi connectivity index (χ3n) is 4.39. The molecule has 6 nitrogen and oxygen atoms in total. The van der Waals surface area contributed by atoms with Crippen molar-refractivity contribution < 1.29 is 8.42 Å². The van der Waals surface area contributed by atoms with Crippen LogP contribution < -0.4 is 5.73 Å². The molecule has 7 heteroatoms. The second-order valence-electron chi connectivity index (χ2n) is 5.69. The van der Waals surface area contributed by atoms with Crippen molar-refractivity contribution >= 4 is 10.2 Å². The highest BCUT2D eigenvalue weighted by atomic mass is 32.2. The van der Waals surface area contributed by atoms with Crippen LogP contribution in [0.2, 0.25) is 0 Å². The fourth-order valence-corrected chi connectivity index (χ4v) is 4.83. The molecule has 19 heavy (non-hydrogen) atoms. The molecule has 0 aromatic carbocycles. The lowest BCUT2D eigenvalue weighted by Gasteiger charge is -2.42. The molecule has 0 aliphatic carbocycles. The molecule has 2 atom stereocenters. The van der Waals surface area contributed by atoms with Gasteiger partial charge in [0.05, 0.1) is 0 Å². The third-order valence-corrected chi connectivity index (χ3v) is 6.45. The van der Waals surface area contributed by atoms with E-state index in [1.165, 1.54) is 0 Å². The topological polar surface area (TPSA) is 69.9 Å². The van der Waals surface area contributed by atoms with Gasteiger partial charge in [-0.05, 0) is 26.8 Å². The quantitative estimate of drug-likeness (QED) is 0.773. The summed E-state index contributed by atoms with van der Waals surface area (Å²) in [4.78, 5) is 2.20. The van der Waals surface area contributed by atoms with E-state index in [9.17, 15) is 8.42 Å². The predicted molar refractivity (Wildman–Crippen MR) is 76.0 cm³/mol. The molecule has 2 unspecified atom stereocenters. The predicted octanol–water partition coefficient (Wildman–Crippen LogP) is -0.320. The van der Waals surface area contributed by atoms with Crippen molar-refractivity contribution in [2.24, 2.45) is 5.73 Å². The van der Waals surface area contributed by atoms with Gasteiger partial charge in [0.15, 0.2) is 0 Å². The van der Waals surface area contributed by atoms with Crippen LogP contribution in [0.4, 0.5) is 0 Å². The first-order valence-corrected chi connectivity index (χ1v) is 8.53. The fraction of sp³-hybridized carbons (Fsp3) is 1.00. The molecule has 2 N–H and O–H groups in total. The molecular formula is C12H26N4O2S. The lowest BCUT2D eigenvalue weighted by atomic mass is 10.1. The summed E-state index contributed by atoms with van der Waals surface area (Å²) in [6.45, 7) is 5.05. The Hall–Kier alpha value is -0.210. The van der Waals surface area contributed by atoms with Gasteiger partial charge < -0.3 is 10.6 Å². The standard InChI is InChI=1S/C12H26N4O2S/c1-11-10-15(8-7-14(11)2)19(17,18)16-6-4-3-5-12(16)9-13/h11-12H,3-10,13H2,1-2H3. The number of hydrogen-bond donors (Lipinski definition) is 1. The Balaban J connectivity index is 2.12.